The Morgan fingerprint density at radius 2 is 2.45 bits per heavy atom. The Morgan fingerprint density at radius 1 is 1.70 bits per heavy atom. The number of nitrogens with zero attached hydrogens (tertiary/aromatic N) is 2. The van der Waals surface area contributed by atoms with Gasteiger partial charge < -0.3 is 15.3 Å². The standard InChI is InChI=1S/C14H20FN3O2/c1-9-3-4-16-6-13(9)10(2)17-14(20)18-7-11(15)5-12(18)8-19/h3-4,6,10-12,19H,5,7-8H2,1-2H3,(H,17,20). The molecule has 2 rings (SSSR count). The average Bonchev–Trinajstić information content (AvgIpc) is 2.80. The average molecular weight is 281 g/mol. The van der Waals surface area contributed by atoms with Crippen molar-refractivity contribution in [2.75, 3.05) is 13.2 Å². The van der Waals surface area contributed by atoms with E-state index in [9.17, 15) is 14.3 Å². The lowest BCUT2D eigenvalue weighted by molar-refractivity contribution is 0.154. The number of aromatic nitrogens is 1. The van der Waals surface area contributed by atoms with Crippen molar-refractivity contribution in [2.45, 2.75) is 38.5 Å². The lowest BCUT2D eigenvalue weighted by Crippen LogP contribution is -2.45. The van der Waals surface area contributed by atoms with Crippen LogP contribution in [0, 0.1) is 6.92 Å². The van der Waals surface area contributed by atoms with E-state index < -0.39 is 12.2 Å². The van der Waals surface area contributed by atoms with Crippen LogP contribution < -0.4 is 5.32 Å². The van der Waals surface area contributed by atoms with Gasteiger partial charge in [-0.15, -0.1) is 0 Å². The molecule has 2 heterocycles. The number of aliphatic hydroxyl groups is 1. The van der Waals surface area contributed by atoms with Crippen molar-refractivity contribution in [1.82, 2.24) is 15.2 Å². The quantitative estimate of drug-likeness (QED) is 0.883. The van der Waals surface area contributed by atoms with Gasteiger partial charge in [0, 0.05) is 18.8 Å². The molecule has 1 aromatic rings. The van der Waals surface area contributed by atoms with Crippen LogP contribution in [0.3, 0.4) is 0 Å². The lowest BCUT2D eigenvalue weighted by atomic mass is 10.1. The van der Waals surface area contributed by atoms with E-state index in [4.69, 9.17) is 0 Å². The molecule has 1 aliphatic heterocycles. The molecule has 1 saturated heterocycles. The van der Waals surface area contributed by atoms with Crippen LogP contribution in [0.4, 0.5) is 9.18 Å². The number of likely N-dealkylation sites (tertiary alicyclic amines) is 1. The molecular formula is C14H20FN3O2. The number of halogens is 1. The molecule has 1 aliphatic rings. The normalized spacial score (nSPS) is 23.7. The Hall–Kier alpha value is -1.69. The number of urea groups is 1. The van der Waals surface area contributed by atoms with E-state index in [-0.39, 0.29) is 31.6 Å². The zero-order valence-electron chi connectivity index (χ0n) is 11.7. The number of carbonyl (C=O) groups excluding carboxylic acids is 1. The first-order valence-electron chi connectivity index (χ1n) is 6.75. The van der Waals surface area contributed by atoms with Gasteiger partial charge in [-0.1, -0.05) is 0 Å². The molecule has 20 heavy (non-hydrogen) atoms. The molecule has 2 amide bonds. The fraction of sp³-hybridized carbons (Fsp3) is 0.571. The molecule has 1 aromatic heterocycles. The van der Waals surface area contributed by atoms with Crippen LogP contribution in [0.15, 0.2) is 18.5 Å². The molecule has 110 valence electrons. The highest BCUT2D eigenvalue weighted by Gasteiger charge is 2.35. The van der Waals surface area contributed by atoms with Gasteiger partial charge in [-0.3, -0.25) is 4.98 Å². The molecule has 0 spiro atoms. The summed E-state index contributed by atoms with van der Waals surface area (Å²) in [4.78, 5) is 17.6. The first-order chi connectivity index (χ1) is 9.52. The molecule has 2 N–H and O–H groups in total. The Balaban J connectivity index is 2.03. The first-order valence-corrected chi connectivity index (χ1v) is 6.75. The van der Waals surface area contributed by atoms with E-state index in [0.29, 0.717) is 0 Å². The number of carbonyl (C=O) groups is 1. The summed E-state index contributed by atoms with van der Waals surface area (Å²) < 4.78 is 13.4. The number of pyridine rings is 1. The highest BCUT2D eigenvalue weighted by atomic mass is 19.1. The van der Waals surface area contributed by atoms with Crippen LogP contribution in [-0.4, -0.2) is 46.4 Å². The highest BCUT2D eigenvalue weighted by Crippen LogP contribution is 2.22. The van der Waals surface area contributed by atoms with E-state index in [2.05, 4.69) is 10.3 Å². The highest BCUT2D eigenvalue weighted by molar-refractivity contribution is 5.75. The summed E-state index contributed by atoms with van der Waals surface area (Å²) in [7, 11) is 0. The number of rotatable bonds is 3. The summed E-state index contributed by atoms with van der Waals surface area (Å²) in [5, 5.41) is 12.0. The fourth-order valence-corrected chi connectivity index (χ4v) is 2.56. The maximum absolute atomic E-state index is 13.4. The third-order valence-corrected chi connectivity index (χ3v) is 3.72. The molecule has 0 aliphatic carbocycles. The van der Waals surface area contributed by atoms with Crippen LogP contribution in [-0.2, 0) is 0 Å². The van der Waals surface area contributed by atoms with Gasteiger partial charge in [-0.25, -0.2) is 9.18 Å². The largest absolute Gasteiger partial charge is 0.394 e. The van der Waals surface area contributed by atoms with Crippen molar-refractivity contribution in [3.05, 3.63) is 29.6 Å². The van der Waals surface area contributed by atoms with E-state index in [0.717, 1.165) is 11.1 Å². The summed E-state index contributed by atoms with van der Waals surface area (Å²) in [6.07, 6.45) is 2.55. The number of aliphatic hydroxyl groups excluding tert-OH is 1. The molecule has 3 unspecified atom stereocenters. The number of aryl methyl sites for hydroxylation is 1. The smallest absolute Gasteiger partial charge is 0.318 e. The van der Waals surface area contributed by atoms with Gasteiger partial charge in [0.1, 0.15) is 6.17 Å². The Bertz CT molecular complexity index is 483. The molecular weight excluding hydrogens is 261 g/mol. The second-order valence-electron chi connectivity index (χ2n) is 5.23. The summed E-state index contributed by atoms with van der Waals surface area (Å²) >= 11 is 0. The second-order valence-corrected chi connectivity index (χ2v) is 5.23. The van der Waals surface area contributed by atoms with Crippen molar-refractivity contribution < 1.29 is 14.3 Å². The number of amides is 2. The molecule has 3 atom stereocenters. The molecule has 0 radical (unpaired) electrons. The predicted molar refractivity (Wildman–Crippen MR) is 73.0 cm³/mol. The van der Waals surface area contributed by atoms with Gasteiger partial charge >= 0.3 is 6.03 Å². The Kier molecular flexibility index (Phi) is 4.54. The van der Waals surface area contributed by atoms with E-state index in [1.54, 1.807) is 12.4 Å². The third kappa shape index (κ3) is 3.07. The maximum atomic E-state index is 13.4. The van der Waals surface area contributed by atoms with Crippen LogP contribution in [0.25, 0.3) is 0 Å². The summed E-state index contributed by atoms with van der Waals surface area (Å²) in [5.74, 6) is 0. The van der Waals surface area contributed by atoms with Crippen molar-refractivity contribution in [3.8, 4) is 0 Å². The fourth-order valence-electron chi connectivity index (χ4n) is 2.56. The summed E-state index contributed by atoms with van der Waals surface area (Å²) in [6.45, 7) is 3.63. The molecule has 6 heteroatoms. The summed E-state index contributed by atoms with van der Waals surface area (Å²) in [6, 6.07) is 0.878. The van der Waals surface area contributed by atoms with Crippen LogP contribution in [0.1, 0.15) is 30.5 Å². The minimum Gasteiger partial charge on any atom is -0.394 e. The van der Waals surface area contributed by atoms with E-state index in [1.807, 2.05) is 19.9 Å². The number of hydrogen-bond donors (Lipinski definition) is 2. The predicted octanol–water partition coefficient (Wildman–Crippen LogP) is 1.57. The lowest BCUT2D eigenvalue weighted by Gasteiger charge is -2.25. The second kappa shape index (κ2) is 6.17. The molecule has 0 saturated carbocycles. The van der Waals surface area contributed by atoms with Crippen molar-refractivity contribution in [2.24, 2.45) is 0 Å². The Morgan fingerprint density at radius 3 is 3.10 bits per heavy atom. The number of nitrogens with one attached hydrogen (secondary N) is 1. The van der Waals surface area contributed by atoms with Gasteiger partial charge in [0.05, 0.1) is 25.2 Å². The topological polar surface area (TPSA) is 65.5 Å². The van der Waals surface area contributed by atoms with Crippen LogP contribution in [0.5, 0.6) is 0 Å². The molecule has 1 fully saturated rings. The number of hydrogen-bond acceptors (Lipinski definition) is 3. The van der Waals surface area contributed by atoms with Gasteiger partial charge in [0.15, 0.2) is 0 Å². The van der Waals surface area contributed by atoms with Gasteiger partial charge in [-0.2, -0.15) is 0 Å². The minimum absolute atomic E-state index is 0.0375. The molecule has 0 aromatic carbocycles. The molecule has 5 nitrogen and oxygen atoms in total. The van der Waals surface area contributed by atoms with E-state index >= 15 is 0 Å². The minimum atomic E-state index is -1.06. The SMILES string of the molecule is Cc1ccncc1C(C)NC(=O)N1CC(F)CC1CO. The monoisotopic (exact) mass is 281 g/mol. The Labute approximate surface area is 117 Å². The van der Waals surface area contributed by atoms with Gasteiger partial charge in [0.25, 0.3) is 0 Å². The maximum Gasteiger partial charge on any atom is 0.318 e. The summed E-state index contributed by atoms with van der Waals surface area (Å²) in [5.41, 5.74) is 1.97. The number of alkyl halides is 1. The zero-order chi connectivity index (χ0) is 14.7. The zero-order valence-corrected chi connectivity index (χ0v) is 11.7. The first kappa shape index (κ1) is 14.7. The van der Waals surface area contributed by atoms with Crippen LogP contribution >= 0.6 is 0 Å². The van der Waals surface area contributed by atoms with Gasteiger partial charge in [-0.05, 0) is 31.0 Å². The van der Waals surface area contributed by atoms with Crippen LogP contribution in [0.2, 0.25) is 0 Å². The van der Waals surface area contributed by atoms with Gasteiger partial charge in [0.2, 0.25) is 0 Å². The van der Waals surface area contributed by atoms with E-state index in [1.165, 1.54) is 4.90 Å². The third-order valence-electron chi connectivity index (χ3n) is 3.72. The van der Waals surface area contributed by atoms with Crippen molar-refractivity contribution in [3.63, 3.8) is 0 Å². The van der Waals surface area contributed by atoms with Crippen molar-refractivity contribution >= 4 is 6.03 Å². The molecule has 0 bridgehead atoms. The van der Waals surface area contributed by atoms with Crippen molar-refractivity contribution in [1.29, 1.82) is 0 Å².